The summed E-state index contributed by atoms with van der Waals surface area (Å²) in [6.45, 7) is 0.620. The second-order valence-corrected chi connectivity index (χ2v) is 3.81. The van der Waals surface area contributed by atoms with Gasteiger partial charge in [-0.1, -0.05) is 12.1 Å². The Morgan fingerprint density at radius 2 is 2.07 bits per heavy atom. The maximum Gasteiger partial charge on any atom is 0.137 e. The molecule has 0 aliphatic heterocycles. The molecule has 5 heteroatoms. The minimum atomic E-state index is -0.236. The first kappa shape index (κ1) is 10.2. The molecule has 0 saturated carbocycles. The van der Waals surface area contributed by atoms with Gasteiger partial charge in [0.15, 0.2) is 0 Å². The van der Waals surface area contributed by atoms with Gasteiger partial charge in [-0.05, 0) is 17.7 Å². The van der Waals surface area contributed by atoms with Gasteiger partial charge in [-0.15, -0.1) is 0 Å². The molecule has 1 heterocycles. The largest absolute Gasteiger partial charge is 0.252 e. The van der Waals surface area contributed by atoms with Crippen molar-refractivity contribution < 1.29 is 4.39 Å². The molecule has 0 saturated heterocycles. The van der Waals surface area contributed by atoms with E-state index < -0.39 is 0 Å². The monoisotopic (exact) mass is 223 g/mol. The first-order valence-electron chi connectivity index (χ1n) is 4.51. The van der Waals surface area contributed by atoms with Crippen LogP contribution in [0.25, 0.3) is 0 Å². The molecule has 3 nitrogen and oxygen atoms in total. The second kappa shape index (κ2) is 4.44. The Bertz CT molecular complexity index is 413. The molecule has 0 fully saturated rings. The highest BCUT2D eigenvalue weighted by molar-refractivity contribution is 7.80. The molecule has 15 heavy (non-hydrogen) atoms. The minimum Gasteiger partial charge on any atom is -0.252 e. The van der Waals surface area contributed by atoms with Crippen LogP contribution in [-0.4, -0.2) is 14.8 Å². The van der Waals surface area contributed by atoms with Crippen molar-refractivity contribution in [3.05, 3.63) is 48.3 Å². The zero-order valence-corrected chi connectivity index (χ0v) is 8.81. The van der Waals surface area contributed by atoms with Gasteiger partial charge < -0.3 is 0 Å². The first-order valence-corrected chi connectivity index (χ1v) is 5.03. The summed E-state index contributed by atoms with van der Waals surface area (Å²) in [5.41, 5.74) is 0.968. The Morgan fingerprint density at radius 3 is 2.67 bits per heavy atom. The normalized spacial score (nSPS) is 12.7. The number of hydrogen-bond donors (Lipinski definition) is 1. The minimum absolute atomic E-state index is 0.00713. The predicted octanol–water partition coefficient (Wildman–Crippen LogP) is 2.09. The van der Waals surface area contributed by atoms with Gasteiger partial charge in [0.1, 0.15) is 18.5 Å². The van der Waals surface area contributed by atoms with E-state index in [2.05, 4.69) is 22.7 Å². The summed E-state index contributed by atoms with van der Waals surface area (Å²) in [5, 5.41) is 3.97. The van der Waals surface area contributed by atoms with Crippen LogP contribution >= 0.6 is 12.6 Å². The third-order valence-electron chi connectivity index (χ3n) is 2.08. The molecular weight excluding hydrogens is 213 g/mol. The topological polar surface area (TPSA) is 30.7 Å². The lowest BCUT2D eigenvalue weighted by Crippen LogP contribution is -2.04. The summed E-state index contributed by atoms with van der Waals surface area (Å²) in [6, 6.07) is 6.31. The molecule has 1 aromatic carbocycles. The lowest BCUT2D eigenvalue weighted by Gasteiger charge is -2.10. The first-order chi connectivity index (χ1) is 7.25. The number of benzene rings is 1. The van der Waals surface area contributed by atoms with Crippen molar-refractivity contribution >= 4 is 12.6 Å². The number of rotatable bonds is 3. The fourth-order valence-corrected chi connectivity index (χ4v) is 1.63. The van der Waals surface area contributed by atoms with Crippen LogP contribution in [0, 0.1) is 5.82 Å². The lowest BCUT2D eigenvalue weighted by molar-refractivity contribution is 0.602. The molecule has 2 aromatic rings. The van der Waals surface area contributed by atoms with Crippen LogP contribution in [0.2, 0.25) is 0 Å². The SMILES string of the molecule is Fc1ccc(C(S)Cn2cncn2)cc1. The number of hydrogen-bond acceptors (Lipinski definition) is 3. The number of halogens is 1. The van der Waals surface area contributed by atoms with E-state index in [1.807, 2.05) is 0 Å². The van der Waals surface area contributed by atoms with Crippen molar-refractivity contribution in [1.29, 1.82) is 0 Å². The van der Waals surface area contributed by atoms with Crippen molar-refractivity contribution in [2.45, 2.75) is 11.8 Å². The van der Waals surface area contributed by atoms with Crippen molar-refractivity contribution in [1.82, 2.24) is 14.8 Å². The molecule has 1 unspecified atom stereocenters. The zero-order valence-electron chi connectivity index (χ0n) is 7.92. The average molecular weight is 223 g/mol. The van der Waals surface area contributed by atoms with E-state index in [9.17, 15) is 4.39 Å². The maximum atomic E-state index is 12.7. The number of aromatic nitrogens is 3. The van der Waals surface area contributed by atoms with E-state index >= 15 is 0 Å². The van der Waals surface area contributed by atoms with E-state index in [0.29, 0.717) is 6.54 Å². The Balaban J connectivity index is 2.08. The summed E-state index contributed by atoms with van der Waals surface area (Å²) < 4.78 is 14.4. The highest BCUT2D eigenvalue weighted by Gasteiger charge is 2.07. The molecule has 0 radical (unpaired) electrons. The Kier molecular flexibility index (Phi) is 3.01. The van der Waals surface area contributed by atoms with Crippen LogP contribution in [0.1, 0.15) is 10.8 Å². The molecule has 2 rings (SSSR count). The predicted molar refractivity (Wildman–Crippen MR) is 58.1 cm³/mol. The zero-order chi connectivity index (χ0) is 10.7. The molecule has 1 aromatic heterocycles. The second-order valence-electron chi connectivity index (χ2n) is 3.18. The van der Waals surface area contributed by atoms with Gasteiger partial charge in [0.2, 0.25) is 0 Å². The molecule has 0 amide bonds. The van der Waals surface area contributed by atoms with E-state index in [1.165, 1.54) is 18.5 Å². The highest BCUT2D eigenvalue weighted by atomic mass is 32.1. The molecule has 0 aliphatic carbocycles. The van der Waals surface area contributed by atoms with Crippen LogP contribution in [0.3, 0.4) is 0 Å². The summed E-state index contributed by atoms with van der Waals surface area (Å²) in [6.07, 6.45) is 3.11. The van der Waals surface area contributed by atoms with E-state index in [-0.39, 0.29) is 11.1 Å². The van der Waals surface area contributed by atoms with Crippen molar-refractivity contribution in [2.75, 3.05) is 0 Å². The van der Waals surface area contributed by atoms with Crippen LogP contribution in [0.4, 0.5) is 4.39 Å². The van der Waals surface area contributed by atoms with Gasteiger partial charge >= 0.3 is 0 Å². The Morgan fingerprint density at radius 1 is 1.33 bits per heavy atom. The van der Waals surface area contributed by atoms with Crippen LogP contribution in [0.5, 0.6) is 0 Å². The summed E-state index contributed by atoms with van der Waals surface area (Å²) in [5.74, 6) is -0.236. The molecule has 0 aliphatic rings. The fraction of sp³-hybridized carbons (Fsp3) is 0.200. The van der Waals surface area contributed by atoms with Gasteiger partial charge in [0.05, 0.1) is 6.54 Å². The highest BCUT2D eigenvalue weighted by Crippen LogP contribution is 2.21. The lowest BCUT2D eigenvalue weighted by atomic mass is 10.1. The molecule has 0 bridgehead atoms. The smallest absolute Gasteiger partial charge is 0.137 e. The third-order valence-corrected chi connectivity index (χ3v) is 2.54. The molecule has 1 atom stereocenters. The summed E-state index contributed by atoms with van der Waals surface area (Å²) >= 11 is 4.43. The quantitative estimate of drug-likeness (QED) is 0.808. The van der Waals surface area contributed by atoms with Gasteiger partial charge in [0.25, 0.3) is 0 Å². The number of nitrogens with zero attached hydrogens (tertiary/aromatic N) is 3. The van der Waals surface area contributed by atoms with Crippen molar-refractivity contribution in [2.24, 2.45) is 0 Å². The van der Waals surface area contributed by atoms with E-state index in [0.717, 1.165) is 5.56 Å². The van der Waals surface area contributed by atoms with Crippen molar-refractivity contribution in [3.63, 3.8) is 0 Å². The van der Waals surface area contributed by atoms with Gasteiger partial charge in [-0.2, -0.15) is 17.7 Å². The van der Waals surface area contributed by atoms with Gasteiger partial charge in [0, 0.05) is 5.25 Å². The Labute approximate surface area is 92.4 Å². The van der Waals surface area contributed by atoms with Crippen LogP contribution < -0.4 is 0 Å². The molecule has 78 valence electrons. The number of thiol groups is 1. The molecule has 0 N–H and O–H groups in total. The Hall–Kier alpha value is -1.36. The fourth-order valence-electron chi connectivity index (χ4n) is 1.29. The van der Waals surface area contributed by atoms with Crippen molar-refractivity contribution in [3.8, 4) is 0 Å². The van der Waals surface area contributed by atoms with Crippen LogP contribution in [0.15, 0.2) is 36.9 Å². The van der Waals surface area contributed by atoms with Gasteiger partial charge in [-0.25, -0.2) is 9.37 Å². The third kappa shape index (κ3) is 2.56. The summed E-state index contributed by atoms with van der Waals surface area (Å²) in [4.78, 5) is 3.84. The molecule has 0 spiro atoms. The standard InChI is InChI=1S/C10H10FN3S/c11-9-3-1-8(2-4-9)10(15)5-14-7-12-6-13-14/h1-4,6-7,10,15H,5H2. The van der Waals surface area contributed by atoms with Gasteiger partial charge in [-0.3, -0.25) is 4.68 Å². The average Bonchev–Trinajstić information content (AvgIpc) is 2.71. The van der Waals surface area contributed by atoms with E-state index in [4.69, 9.17) is 0 Å². The van der Waals surface area contributed by atoms with E-state index in [1.54, 1.807) is 23.1 Å². The molecular formula is C10H10FN3S. The maximum absolute atomic E-state index is 12.7. The van der Waals surface area contributed by atoms with Crippen LogP contribution in [-0.2, 0) is 6.54 Å². The summed E-state index contributed by atoms with van der Waals surface area (Å²) in [7, 11) is 0.